The van der Waals surface area contributed by atoms with Crippen molar-refractivity contribution in [2.24, 2.45) is 16.6 Å². The van der Waals surface area contributed by atoms with Gasteiger partial charge in [-0.1, -0.05) is 12.1 Å². The third-order valence-electron chi connectivity index (χ3n) is 5.30. The number of fused-ring (bicyclic) bond motifs is 4. The number of amidine groups is 1. The van der Waals surface area contributed by atoms with Gasteiger partial charge < -0.3 is 10.5 Å². The molecule has 2 aromatic rings. The Labute approximate surface area is 132 Å². The smallest absolute Gasteiger partial charge is 0.282 e. The second kappa shape index (κ2) is 4.43. The maximum atomic E-state index is 5.94. The Balaban J connectivity index is 1.46. The Bertz CT molecular complexity index is 739. The van der Waals surface area contributed by atoms with Gasteiger partial charge in [0.1, 0.15) is 10.6 Å². The van der Waals surface area contributed by atoms with E-state index in [-0.39, 0.29) is 5.60 Å². The van der Waals surface area contributed by atoms with Gasteiger partial charge in [-0.3, -0.25) is 4.90 Å². The van der Waals surface area contributed by atoms with Crippen molar-refractivity contribution in [1.29, 1.82) is 0 Å². The lowest BCUT2D eigenvalue weighted by atomic mass is 9.86. The maximum Gasteiger partial charge on any atom is 0.282 e. The van der Waals surface area contributed by atoms with Crippen LogP contribution in [0.15, 0.2) is 29.3 Å². The molecule has 1 aromatic heterocycles. The summed E-state index contributed by atoms with van der Waals surface area (Å²) in [5.74, 6) is 0.544. The van der Waals surface area contributed by atoms with Crippen LogP contribution >= 0.6 is 11.3 Å². The largest absolute Gasteiger partial charge is 0.455 e. The molecule has 3 aliphatic heterocycles. The predicted molar refractivity (Wildman–Crippen MR) is 87.0 cm³/mol. The lowest BCUT2D eigenvalue weighted by Gasteiger charge is -2.30. The number of nitrogens with two attached hydrogens (primary N) is 1. The molecule has 4 atom stereocenters. The highest BCUT2D eigenvalue weighted by Gasteiger charge is 2.55. The minimum absolute atomic E-state index is 0.171. The number of benzene rings is 1. The Morgan fingerprint density at radius 1 is 1.32 bits per heavy atom. The van der Waals surface area contributed by atoms with Crippen LogP contribution in [-0.2, 0) is 4.74 Å². The van der Waals surface area contributed by atoms with Gasteiger partial charge in [-0.15, -0.1) is 11.3 Å². The van der Waals surface area contributed by atoms with Crippen LogP contribution in [0.2, 0.25) is 0 Å². The number of aromatic nitrogens is 1. The molecule has 0 saturated carbocycles. The maximum absolute atomic E-state index is 5.94. The zero-order valence-electron chi connectivity index (χ0n) is 12.2. The Hall–Kier alpha value is -1.66. The Kier molecular flexibility index (Phi) is 2.58. The van der Waals surface area contributed by atoms with Crippen LogP contribution in [-0.4, -0.2) is 41.1 Å². The van der Waals surface area contributed by atoms with Gasteiger partial charge in [-0.25, -0.2) is 9.98 Å². The fourth-order valence-corrected chi connectivity index (χ4v) is 5.35. The van der Waals surface area contributed by atoms with Gasteiger partial charge >= 0.3 is 0 Å². The minimum Gasteiger partial charge on any atom is -0.455 e. The summed E-state index contributed by atoms with van der Waals surface area (Å²) in [5, 5.41) is 1.24. The Morgan fingerprint density at radius 3 is 3.05 bits per heavy atom. The third-order valence-corrected chi connectivity index (χ3v) is 6.44. The number of ether oxygens (including phenoxy) is 1. The molecule has 0 amide bonds. The van der Waals surface area contributed by atoms with E-state index in [9.17, 15) is 0 Å². The van der Waals surface area contributed by atoms with Gasteiger partial charge in [0.05, 0.1) is 22.8 Å². The van der Waals surface area contributed by atoms with Crippen LogP contribution in [0.25, 0.3) is 10.2 Å². The third kappa shape index (κ3) is 1.74. The van der Waals surface area contributed by atoms with Crippen molar-refractivity contribution in [3.05, 3.63) is 29.3 Å². The zero-order valence-corrected chi connectivity index (χ0v) is 13.1. The first-order valence-corrected chi connectivity index (χ1v) is 8.64. The lowest BCUT2D eigenvalue weighted by molar-refractivity contribution is 0.0574. The lowest BCUT2D eigenvalue weighted by Crippen LogP contribution is -2.42. The number of hydrogen-bond donors (Lipinski definition) is 1. The molecule has 2 N–H and O–H groups in total. The van der Waals surface area contributed by atoms with Crippen molar-refractivity contribution in [2.75, 3.05) is 19.6 Å². The Morgan fingerprint density at radius 2 is 2.23 bits per heavy atom. The highest BCUT2D eigenvalue weighted by molar-refractivity contribution is 7.18. The summed E-state index contributed by atoms with van der Waals surface area (Å²) in [7, 11) is 0. The van der Waals surface area contributed by atoms with Gasteiger partial charge in [0.25, 0.3) is 6.02 Å². The highest BCUT2D eigenvalue weighted by atomic mass is 32.1. The summed E-state index contributed by atoms with van der Waals surface area (Å²) in [6.45, 7) is 2.71. The van der Waals surface area contributed by atoms with Crippen molar-refractivity contribution in [3.8, 4) is 0 Å². The SMILES string of the molecule is NC1=NCC2(CN3CC2CCC3c2nc3ccccc3s2)O1. The molecular formula is C16H18N4OS. The first-order valence-electron chi connectivity index (χ1n) is 7.82. The number of hydrogen-bond acceptors (Lipinski definition) is 6. The van der Waals surface area contributed by atoms with Crippen LogP contribution in [0.3, 0.4) is 0 Å². The molecule has 114 valence electrons. The molecule has 3 aliphatic rings. The normalized spacial score (nSPS) is 36.7. The quantitative estimate of drug-likeness (QED) is 0.876. The molecule has 0 radical (unpaired) electrons. The molecule has 5 nitrogen and oxygen atoms in total. The van der Waals surface area contributed by atoms with Crippen molar-refractivity contribution in [2.45, 2.75) is 24.5 Å². The molecule has 22 heavy (non-hydrogen) atoms. The second-order valence-electron chi connectivity index (χ2n) is 6.56. The zero-order chi connectivity index (χ0) is 14.7. The molecule has 0 aliphatic carbocycles. The van der Waals surface area contributed by atoms with Crippen LogP contribution in [0, 0.1) is 5.92 Å². The molecule has 2 saturated heterocycles. The van der Waals surface area contributed by atoms with E-state index in [1.165, 1.54) is 16.1 Å². The van der Waals surface area contributed by atoms with E-state index in [4.69, 9.17) is 15.5 Å². The standard InChI is InChI=1S/C16H18N4OS/c17-15-18-8-16(21-15)9-20-7-10(16)5-6-12(20)14-19-11-3-1-2-4-13(11)22-14/h1-4,10,12H,5-9H2,(H2,17,18). The first kappa shape index (κ1) is 12.8. The van der Waals surface area contributed by atoms with Gasteiger partial charge in [-0.05, 0) is 25.0 Å². The highest BCUT2D eigenvalue weighted by Crippen LogP contribution is 2.47. The summed E-state index contributed by atoms with van der Waals surface area (Å²) in [6.07, 6.45) is 2.31. The monoisotopic (exact) mass is 314 g/mol. The molecule has 2 bridgehead atoms. The minimum atomic E-state index is -0.171. The van der Waals surface area contributed by atoms with E-state index in [0.29, 0.717) is 24.5 Å². The van der Waals surface area contributed by atoms with Crippen molar-refractivity contribution < 1.29 is 4.74 Å². The number of nitrogens with zero attached hydrogens (tertiary/aromatic N) is 3. The van der Waals surface area contributed by atoms with E-state index in [1.807, 2.05) is 11.3 Å². The summed E-state index contributed by atoms with van der Waals surface area (Å²) in [5.41, 5.74) is 6.71. The number of piperidine rings is 1. The average Bonchev–Trinajstić information content (AvgIpc) is 3.18. The number of rotatable bonds is 1. The van der Waals surface area contributed by atoms with Crippen molar-refractivity contribution in [1.82, 2.24) is 9.88 Å². The topological polar surface area (TPSA) is 63.7 Å². The average molecular weight is 314 g/mol. The first-order chi connectivity index (χ1) is 10.7. The molecule has 2 fully saturated rings. The van der Waals surface area contributed by atoms with E-state index in [2.05, 4.69) is 34.2 Å². The molecular weight excluding hydrogens is 296 g/mol. The number of thiazole rings is 1. The van der Waals surface area contributed by atoms with Gasteiger partial charge in [0, 0.05) is 19.0 Å². The van der Waals surface area contributed by atoms with E-state index >= 15 is 0 Å². The summed E-state index contributed by atoms with van der Waals surface area (Å²) >= 11 is 1.83. The molecule has 1 spiro atoms. The van der Waals surface area contributed by atoms with E-state index in [1.54, 1.807) is 0 Å². The van der Waals surface area contributed by atoms with Crippen LogP contribution in [0.4, 0.5) is 0 Å². The van der Waals surface area contributed by atoms with Crippen LogP contribution < -0.4 is 5.73 Å². The number of aliphatic imine (C=N–C) groups is 1. The summed E-state index contributed by atoms with van der Waals surface area (Å²) < 4.78 is 7.21. The van der Waals surface area contributed by atoms with E-state index in [0.717, 1.165) is 25.0 Å². The molecule has 6 heteroatoms. The fourth-order valence-electron chi connectivity index (χ4n) is 4.21. The molecule has 4 unspecified atom stereocenters. The van der Waals surface area contributed by atoms with Crippen LogP contribution in [0.1, 0.15) is 23.9 Å². The molecule has 1 aromatic carbocycles. The van der Waals surface area contributed by atoms with Gasteiger partial charge in [-0.2, -0.15) is 0 Å². The number of para-hydroxylation sites is 1. The summed E-state index contributed by atoms with van der Waals surface area (Å²) in [6, 6.07) is 9.17. The van der Waals surface area contributed by atoms with Gasteiger partial charge in [0.15, 0.2) is 0 Å². The summed E-state index contributed by atoms with van der Waals surface area (Å²) in [4.78, 5) is 11.7. The molecule has 5 rings (SSSR count). The second-order valence-corrected chi connectivity index (χ2v) is 7.62. The fraction of sp³-hybridized carbons (Fsp3) is 0.500. The van der Waals surface area contributed by atoms with Crippen molar-refractivity contribution in [3.63, 3.8) is 0 Å². The predicted octanol–water partition coefficient (Wildman–Crippen LogP) is 2.15. The van der Waals surface area contributed by atoms with E-state index < -0.39 is 0 Å². The van der Waals surface area contributed by atoms with Gasteiger partial charge in [0.2, 0.25) is 0 Å². The van der Waals surface area contributed by atoms with Crippen molar-refractivity contribution >= 4 is 27.6 Å². The molecule has 4 heterocycles. The van der Waals surface area contributed by atoms with Crippen LogP contribution in [0.5, 0.6) is 0 Å².